The smallest absolute Gasteiger partial charge is 0.433 e. The molecule has 0 unspecified atom stereocenters. The molecule has 6 nitrogen and oxygen atoms in total. The van der Waals surface area contributed by atoms with E-state index < -0.39 is 6.09 Å². The molecular formula is C13H13N3O3. The summed E-state index contributed by atoms with van der Waals surface area (Å²) in [6.07, 6.45) is 4.85. The van der Waals surface area contributed by atoms with Gasteiger partial charge in [-0.15, -0.1) is 0 Å². The third kappa shape index (κ3) is 2.62. The van der Waals surface area contributed by atoms with Gasteiger partial charge in [0, 0.05) is 18.6 Å². The third-order valence-corrected chi connectivity index (χ3v) is 2.44. The highest BCUT2D eigenvalue weighted by Crippen LogP contribution is 2.16. The highest BCUT2D eigenvalue weighted by atomic mass is 16.6. The zero-order valence-electron chi connectivity index (χ0n) is 10.4. The summed E-state index contributed by atoms with van der Waals surface area (Å²) in [6, 6.07) is 6.61. The number of rotatable bonds is 4. The number of pyridine rings is 1. The van der Waals surface area contributed by atoms with Crippen molar-refractivity contribution in [3.63, 3.8) is 0 Å². The van der Waals surface area contributed by atoms with Gasteiger partial charge in [0.1, 0.15) is 5.69 Å². The Kier molecular flexibility index (Phi) is 3.92. The molecular weight excluding hydrogens is 246 g/mol. The van der Waals surface area contributed by atoms with Crippen molar-refractivity contribution in [2.24, 2.45) is 0 Å². The Hall–Kier alpha value is -2.63. The van der Waals surface area contributed by atoms with Gasteiger partial charge in [-0.1, -0.05) is 0 Å². The van der Waals surface area contributed by atoms with Crippen LogP contribution in [0, 0.1) is 0 Å². The first-order valence-corrected chi connectivity index (χ1v) is 5.77. The molecule has 0 saturated carbocycles. The fraction of sp³-hybridized carbons (Fsp3) is 0.154. The van der Waals surface area contributed by atoms with Crippen LogP contribution in [-0.4, -0.2) is 28.6 Å². The summed E-state index contributed by atoms with van der Waals surface area (Å²) in [7, 11) is 0. The minimum absolute atomic E-state index is 0.248. The molecule has 2 aromatic rings. The molecule has 98 valence electrons. The van der Waals surface area contributed by atoms with E-state index in [9.17, 15) is 9.59 Å². The van der Waals surface area contributed by atoms with Crippen LogP contribution >= 0.6 is 0 Å². The summed E-state index contributed by atoms with van der Waals surface area (Å²) in [5, 5.41) is 1.27. The average molecular weight is 259 g/mol. The molecule has 0 bridgehead atoms. The number of anilines is 1. The van der Waals surface area contributed by atoms with Gasteiger partial charge in [0.15, 0.2) is 6.29 Å². The predicted molar refractivity (Wildman–Crippen MR) is 69.0 cm³/mol. The molecule has 2 aromatic heterocycles. The Labute approximate surface area is 110 Å². The van der Waals surface area contributed by atoms with E-state index in [0.29, 0.717) is 17.7 Å². The first kappa shape index (κ1) is 12.8. The van der Waals surface area contributed by atoms with Crippen molar-refractivity contribution in [1.29, 1.82) is 0 Å². The molecule has 0 saturated heterocycles. The molecule has 0 aromatic carbocycles. The number of hydrogen-bond acceptors (Lipinski definition) is 4. The molecule has 2 heterocycles. The van der Waals surface area contributed by atoms with Gasteiger partial charge in [-0.05, 0) is 31.2 Å². The zero-order chi connectivity index (χ0) is 13.7. The molecule has 2 rings (SSSR count). The Morgan fingerprint density at radius 3 is 2.79 bits per heavy atom. The minimum atomic E-state index is -0.562. The second-order valence-electron chi connectivity index (χ2n) is 3.61. The highest BCUT2D eigenvalue weighted by Gasteiger charge is 2.20. The fourth-order valence-corrected chi connectivity index (χ4v) is 1.65. The van der Waals surface area contributed by atoms with E-state index in [2.05, 4.69) is 4.98 Å². The zero-order valence-corrected chi connectivity index (χ0v) is 10.4. The molecule has 0 aliphatic heterocycles. The van der Waals surface area contributed by atoms with E-state index >= 15 is 0 Å². The molecule has 0 fully saturated rings. The van der Waals surface area contributed by atoms with Crippen LogP contribution in [0.3, 0.4) is 0 Å². The van der Waals surface area contributed by atoms with E-state index in [1.54, 1.807) is 49.8 Å². The molecule has 0 spiro atoms. The number of carbonyl (C=O) groups excluding carboxylic acids is 2. The Bertz CT molecular complexity index is 566. The molecule has 0 aliphatic carbocycles. The number of carbonyl (C=O) groups is 2. The molecule has 0 radical (unpaired) electrons. The van der Waals surface area contributed by atoms with Crippen LogP contribution < -0.4 is 5.01 Å². The van der Waals surface area contributed by atoms with Crippen molar-refractivity contribution in [3.8, 4) is 0 Å². The van der Waals surface area contributed by atoms with Gasteiger partial charge in [-0.3, -0.25) is 9.78 Å². The van der Waals surface area contributed by atoms with Gasteiger partial charge in [0.05, 0.1) is 12.3 Å². The lowest BCUT2D eigenvalue weighted by Gasteiger charge is -2.23. The van der Waals surface area contributed by atoms with Crippen molar-refractivity contribution < 1.29 is 14.3 Å². The third-order valence-electron chi connectivity index (χ3n) is 2.44. The van der Waals surface area contributed by atoms with E-state index in [-0.39, 0.29) is 6.61 Å². The topological polar surface area (TPSA) is 64.4 Å². The summed E-state index contributed by atoms with van der Waals surface area (Å²) in [5.74, 6) is 0. The maximum absolute atomic E-state index is 12.1. The number of aromatic nitrogens is 2. The normalized spacial score (nSPS) is 9.95. The summed E-state index contributed by atoms with van der Waals surface area (Å²) in [6.45, 7) is 1.97. The van der Waals surface area contributed by atoms with Crippen molar-refractivity contribution in [2.45, 2.75) is 6.92 Å². The lowest BCUT2D eigenvalue weighted by Crippen LogP contribution is -2.37. The van der Waals surface area contributed by atoms with Gasteiger partial charge in [0.25, 0.3) is 0 Å². The second kappa shape index (κ2) is 5.81. The molecule has 0 aliphatic rings. The quantitative estimate of drug-likeness (QED) is 0.789. The SMILES string of the molecule is CCOC(=O)N(c1ccncc1)n1cccc1C=O. The highest BCUT2D eigenvalue weighted by molar-refractivity contribution is 5.88. The fourth-order valence-electron chi connectivity index (χ4n) is 1.65. The number of aldehydes is 1. The monoisotopic (exact) mass is 259 g/mol. The molecule has 6 heteroatoms. The summed E-state index contributed by atoms with van der Waals surface area (Å²) in [5.41, 5.74) is 0.914. The van der Waals surface area contributed by atoms with Gasteiger partial charge in [-0.2, -0.15) is 5.01 Å². The van der Waals surface area contributed by atoms with Crippen LogP contribution in [0.1, 0.15) is 17.4 Å². The van der Waals surface area contributed by atoms with E-state index in [0.717, 1.165) is 0 Å². The summed E-state index contributed by atoms with van der Waals surface area (Å²) in [4.78, 5) is 26.9. The lowest BCUT2D eigenvalue weighted by molar-refractivity contribution is 0.111. The van der Waals surface area contributed by atoms with Crippen molar-refractivity contribution >= 4 is 18.1 Å². The molecule has 0 N–H and O–H groups in total. The summed E-state index contributed by atoms with van der Waals surface area (Å²) < 4.78 is 6.44. The van der Waals surface area contributed by atoms with Crippen LogP contribution in [0.15, 0.2) is 42.9 Å². The maximum atomic E-state index is 12.1. The van der Waals surface area contributed by atoms with Crippen LogP contribution in [-0.2, 0) is 4.74 Å². The van der Waals surface area contributed by atoms with Gasteiger partial charge in [0.2, 0.25) is 0 Å². The van der Waals surface area contributed by atoms with Crippen molar-refractivity contribution in [3.05, 3.63) is 48.5 Å². The van der Waals surface area contributed by atoms with Crippen LogP contribution in [0.4, 0.5) is 10.5 Å². The van der Waals surface area contributed by atoms with E-state index in [4.69, 9.17) is 4.74 Å². The molecule has 1 amide bonds. The van der Waals surface area contributed by atoms with Crippen molar-refractivity contribution in [2.75, 3.05) is 11.6 Å². The van der Waals surface area contributed by atoms with E-state index in [1.807, 2.05) is 0 Å². The minimum Gasteiger partial charge on any atom is -0.448 e. The number of amides is 1. The predicted octanol–water partition coefficient (Wildman–Crippen LogP) is 2.12. The van der Waals surface area contributed by atoms with Gasteiger partial charge in [-0.25, -0.2) is 9.47 Å². The first-order valence-electron chi connectivity index (χ1n) is 5.77. The first-order chi connectivity index (χ1) is 9.27. The number of hydrogen-bond donors (Lipinski definition) is 0. The Balaban J connectivity index is 2.46. The summed E-state index contributed by atoms with van der Waals surface area (Å²) >= 11 is 0. The van der Waals surface area contributed by atoms with Crippen molar-refractivity contribution in [1.82, 2.24) is 9.66 Å². The van der Waals surface area contributed by atoms with Gasteiger partial charge >= 0.3 is 6.09 Å². The molecule has 19 heavy (non-hydrogen) atoms. The second-order valence-corrected chi connectivity index (χ2v) is 3.61. The van der Waals surface area contributed by atoms with Crippen LogP contribution in [0.2, 0.25) is 0 Å². The van der Waals surface area contributed by atoms with Gasteiger partial charge < -0.3 is 4.74 Å². The lowest BCUT2D eigenvalue weighted by atomic mass is 10.4. The molecule has 0 atom stereocenters. The number of ether oxygens (including phenoxy) is 1. The Morgan fingerprint density at radius 1 is 1.42 bits per heavy atom. The average Bonchev–Trinajstić information content (AvgIpc) is 2.89. The maximum Gasteiger partial charge on any atom is 0.433 e. The van der Waals surface area contributed by atoms with Crippen LogP contribution in [0.25, 0.3) is 0 Å². The van der Waals surface area contributed by atoms with E-state index in [1.165, 1.54) is 9.69 Å². The number of nitrogens with zero attached hydrogens (tertiary/aromatic N) is 3. The standard InChI is InChI=1S/C13H13N3O3/c1-2-19-13(18)16(11-5-7-14-8-6-11)15-9-3-4-12(15)10-17/h3-10H,2H2,1H3. The largest absolute Gasteiger partial charge is 0.448 e. The van der Waals surface area contributed by atoms with Crippen LogP contribution in [0.5, 0.6) is 0 Å². The Morgan fingerprint density at radius 2 is 2.16 bits per heavy atom.